The molecule has 2 aliphatic heterocycles. The van der Waals surface area contributed by atoms with Gasteiger partial charge in [0.1, 0.15) is 5.69 Å². The zero-order chi connectivity index (χ0) is 17.6. The van der Waals surface area contributed by atoms with Gasteiger partial charge in [-0.25, -0.2) is 0 Å². The number of piperidine rings is 1. The molecule has 0 radical (unpaired) electrons. The van der Waals surface area contributed by atoms with Crippen LogP contribution >= 0.6 is 0 Å². The Morgan fingerprint density at radius 3 is 2.64 bits per heavy atom. The fraction of sp³-hybridized carbons (Fsp3) is 0.421. The van der Waals surface area contributed by atoms with E-state index in [1.54, 1.807) is 11.0 Å². The van der Waals surface area contributed by atoms with Gasteiger partial charge in [0.25, 0.3) is 5.91 Å². The van der Waals surface area contributed by atoms with E-state index in [-0.39, 0.29) is 17.2 Å². The number of para-hydroxylation sites is 1. The predicted molar refractivity (Wildman–Crippen MR) is 94.6 cm³/mol. The van der Waals surface area contributed by atoms with E-state index >= 15 is 0 Å². The van der Waals surface area contributed by atoms with Gasteiger partial charge >= 0.3 is 0 Å². The first-order chi connectivity index (χ1) is 12.0. The molecule has 1 aromatic heterocycles. The number of aromatic nitrogens is 2. The molecule has 1 spiro atoms. The Morgan fingerprint density at radius 1 is 1.24 bits per heavy atom. The van der Waals surface area contributed by atoms with Crippen molar-refractivity contribution >= 4 is 17.5 Å². The molecule has 1 N–H and O–H groups in total. The van der Waals surface area contributed by atoms with Gasteiger partial charge in [-0.3, -0.25) is 14.7 Å². The van der Waals surface area contributed by atoms with Crippen LogP contribution in [0.1, 0.15) is 41.0 Å². The predicted octanol–water partition coefficient (Wildman–Crippen LogP) is 2.26. The highest BCUT2D eigenvalue weighted by molar-refractivity contribution is 5.97. The van der Waals surface area contributed by atoms with Crippen molar-refractivity contribution in [3.63, 3.8) is 0 Å². The lowest BCUT2D eigenvalue weighted by Gasteiger charge is -2.46. The van der Waals surface area contributed by atoms with Crippen molar-refractivity contribution in [2.24, 2.45) is 0 Å². The third-order valence-corrected chi connectivity index (χ3v) is 5.63. The van der Waals surface area contributed by atoms with Gasteiger partial charge in [0.2, 0.25) is 5.91 Å². The molecule has 0 unspecified atom stereocenters. The van der Waals surface area contributed by atoms with Gasteiger partial charge in [-0.1, -0.05) is 18.2 Å². The van der Waals surface area contributed by atoms with E-state index in [9.17, 15) is 9.59 Å². The zero-order valence-electron chi connectivity index (χ0n) is 14.6. The summed E-state index contributed by atoms with van der Waals surface area (Å²) in [6, 6.07) is 9.93. The molecule has 1 fully saturated rings. The van der Waals surface area contributed by atoms with E-state index in [0.717, 1.165) is 24.2 Å². The Balaban J connectivity index is 1.58. The largest absolute Gasteiger partial charge is 0.337 e. The summed E-state index contributed by atoms with van der Waals surface area (Å²) in [5.41, 5.74) is 3.43. The molecular weight excluding hydrogens is 316 g/mol. The monoisotopic (exact) mass is 338 g/mol. The molecule has 2 aliphatic rings. The number of nitrogens with zero attached hydrogens (tertiary/aromatic N) is 3. The summed E-state index contributed by atoms with van der Waals surface area (Å²) in [6.07, 6.45) is 2.13. The van der Waals surface area contributed by atoms with Gasteiger partial charge in [0, 0.05) is 43.4 Å². The molecule has 1 saturated heterocycles. The fourth-order valence-electron chi connectivity index (χ4n) is 4.13. The van der Waals surface area contributed by atoms with E-state index in [4.69, 9.17) is 0 Å². The Labute approximate surface area is 146 Å². The minimum Gasteiger partial charge on any atom is -0.337 e. The van der Waals surface area contributed by atoms with Gasteiger partial charge in [-0.15, -0.1) is 0 Å². The lowest BCUT2D eigenvalue weighted by Crippen LogP contribution is -2.50. The summed E-state index contributed by atoms with van der Waals surface area (Å²) in [4.78, 5) is 28.7. The first-order valence-electron chi connectivity index (χ1n) is 8.67. The molecule has 4 rings (SSSR count). The molecule has 2 amide bonds. The molecule has 0 aliphatic carbocycles. The molecule has 2 aromatic rings. The second-order valence-corrected chi connectivity index (χ2v) is 7.16. The van der Waals surface area contributed by atoms with Crippen molar-refractivity contribution in [1.29, 1.82) is 0 Å². The molecule has 6 heteroatoms. The van der Waals surface area contributed by atoms with Crippen molar-refractivity contribution in [3.8, 4) is 0 Å². The summed E-state index contributed by atoms with van der Waals surface area (Å²) in [6.45, 7) is 3.18. The van der Waals surface area contributed by atoms with Crippen LogP contribution in [0.3, 0.4) is 0 Å². The van der Waals surface area contributed by atoms with Crippen molar-refractivity contribution in [2.45, 2.75) is 31.6 Å². The van der Waals surface area contributed by atoms with Crippen LogP contribution in [0.25, 0.3) is 0 Å². The highest BCUT2D eigenvalue weighted by Gasteiger charge is 2.44. The van der Waals surface area contributed by atoms with E-state index < -0.39 is 0 Å². The SMILES string of the molecule is Cc1cc(C(=O)N2CCC3(CC2)CC(=O)N(C)c2ccccc23)n[nH]1. The smallest absolute Gasteiger partial charge is 0.274 e. The number of fused-ring (bicyclic) bond motifs is 2. The Kier molecular flexibility index (Phi) is 3.63. The molecular formula is C19H22N4O2. The normalized spacial score (nSPS) is 19.2. The number of likely N-dealkylation sites (tertiary alicyclic amines) is 1. The van der Waals surface area contributed by atoms with Crippen LogP contribution in [-0.2, 0) is 10.2 Å². The quantitative estimate of drug-likeness (QED) is 0.867. The lowest BCUT2D eigenvalue weighted by molar-refractivity contribution is -0.120. The van der Waals surface area contributed by atoms with Crippen molar-refractivity contribution in [2.75, 3.05) is 25.0 Å². The van der Waals surface area contributed by atoms with Gasteiger partial charge in [-0.2, -0.15) is 5.10 Å². The average Bonchev–Trinajstić information content (AvgIpc) is 3.06. The zero-order valence-corrected chi connectivity index (χ0v) is 14.6. The lowest BCUT2D eigenvalue weighted by atomic mass is 9.67. The van der Waals surface area contributed by atoms with E-state index in [0.29, 0.717) is 25.2 Å². The highest BCUT2D eigenvalue weighted by atomic mass is 16.2. The van der Waals surface area contributed by atoms with Gasteiger partial charge < -0.3 is 9.80 Å². The maximum atomic E-state index is 12.6. The van der Waals surface area contributed by atoms with Crippen LogP contribution in [0.15, 0.2) is 30.3 Å². The van der Waals surface area contributed by atoms with E-state index in [1.807, 2.05) is 37.1 Å². The topological polar surface area (TPSA) is 69.3 Å². The van der Waals surface area contributed by atoms with Crippen molar-refractivity contribution in [1.82, 2.24) is 15.1 Å². The Hall–Kier alpha value is -2.63. The molecule has 6 nitrogen and oxygen atoms in total. The number of rotatable bonds is 1. The number of benzene rings is 1. The second-order valence-electron chi connectivity index (χ2n) is 7.16. The average molecular weight is 338 g/mol. The summed E-state index contributed by atoms with van der Waals surface area (Å²) < 4.78 is 0. The van der Waals surface area contributed by atoms with Crippen LogP contribution in [-0.4, -0.2) is 47.0 Å². The summed E-state index contributed by atoms with van der Waals surface area (Å²) in [5.74, 6) is 0.119. The van der Waals surface area contributed by atoms with Crippen molar-refractivity contribution < 1.29 is 9.59 Å². The Bertz CT molecular complexity index is 833. The number of nitrogens with one attached hydrogen (secondary N) is 1. The van der Waals surface area contributed by atoms with Crippen LogP contribution < -0.4 is 4.90 Å². The maximum absolute atomic E-state index is 12.6. The number of carbonyl (C=O) groups excluding carboxylic acids is 2. The van der Waals surface area contributed by atoms with Gasteiger partial charge in [-0.05, 0) is 37.5 Å². The van der Waals surface area contributed by atoms with Crippen molar-refractivity contribution in [3.05, 3.63) is 47.3 Å². The molecule has 3 heterocycles. The molecule has 0 saturated carbocycles. The first-order valence-corrected chi connectivity index (χ1v) is 8.67. The number of aromatic amines is 1. The van der Waals surface area contributed by atoms with Gasteiger partial charge in [0.05, 0.1) is 0 Å². The third-order valence-electron chi connectivity index (χ3n) is 5.63. The van der Waals surface area contributed by atoms with Crippen LogP contribution in [0.5, 0.6) is 0 Å². The van der Waals surface area contributed by atoms with Crippen LogP contribution in [0, 0.1) is 6.92 Å². The molecule has 25 heavy (non-hydrogen) atoms. The molecule has 1 aromatic carbocycles. The number of H-pyrrole nitrogens is 1. The number of carbonyl (C=O) groups is 2. The Morgan fingerprint density at radius 2 is 1.96 bits per heavy atom. The summed E-state index contributed by atoms with van der Waals surface area (Å²) in [7, 11) is 1.84. The highest BCUT2D eigenvalue weighted by Crippen LogP contribution is 2.46. The van der Waals surface area contributed by atoms with E-state index in [2.05, 4.69) is 16.3 Å². The molecule has 130 valence electrons. The number of anilines is 1. The van der Waals surface area contributed by atoms with Gasteiger partial charge in [0.15, 0.2) is 0 Å². The fourth-order valence-corrected chi connectivity index (χ4v) is 4.13. The minimum atomic E-state index is -0.154. The minimum absolute atomic E-state index is 0.0354. The van der Waals surface area contributed by atoms with Crippen LogP contribution in [0.4, 0.5) is 5.69 Å². The number of hydrogen-bond donors (Lipinski definition) is 1. The first kappa shape index (κ1) is 15.9. The number of amides is 2. The second kappa shape index (κ2) is 5.72. The molecule has 0 atom stereocenters. The van der Waals surface area contributed by atoms with E-state index in [1.165, 1.54) is 5.56 Å². The number of hydrogen-bond acceptors (Lipinski definition) is 3. The third kappa shape index (κ3) is 2.52. The standard InChI is InChI=1S/C19H22N4O2/c1-13-11-15(21-20-13)18(25)23-9-7-19(8-10-23)12-17(24)22(2)16-6-4-3-5-14(16)19/h3-6,11H,7-10,12H2,1-2H3,(H,20,21). The summed E-state index contributed by atoms with van der Waals surface area (Å²) >= 11 is 0. The molecule has 0 bridgehead atoms. The van der Waals surface area contributed by atoms with Crippen LogP contribution in [0.2, 0.25) is 0 Å². The maximum Gasteiger partial charge on any atom is 0.274 e. The number of aryl methyl sites for hydroxylation is 1. The summed E-state index contributed by atoms with van der Waals surface area (Å²) in [5, 5.41) is 6.90.